The third-order valence-electron chi connectivity index (χ3n) is 1.98. The lowest BCUT2D eigenvalue weighted by atomic mass is 9.87. The molecule has 0 bridgehead atoms. The molecule has 0 aliphatic carbocycles. The van der Waals surface area contributed by atoms with Crippen LogP contribution in [-0.2, 0) is 9.47 Å². The van der Waals surface area contributed by atoms with E-state index in [2.05, 4.69) is 5.73 Å². The average Bonchev–Trinajstić information content (AvgIpc) is 2.24. The van der Waals surface area contributed by atoms with Crippen molar-refractivity contribution >= 4 is 18.3 Å². The standard InChI is InChI=1S/C9H18N2O4.CH3NO2/c1-3-4-9(2,5-14-7(10)12)6-15-8(11)13;2-1(3)4/h3-6H2,1-2H3,(H2,10,12)(H2,11,13);2H2,(H,3,4). The molecule has 0 aromatic rings. The van der Waals surface area contributed by atoms with Crippen molar-refractivity contribution in [2.45, 2.75) is 26.7 Å². The Bertz CT molecular complexity index is 286. The highest BCUT2D eigenvalue weighted by Crippen LogP contribution is 2.24. The van der Waals surface area contributed by atoms with Crippen LogP contribution in [0.25, 0.3) is 0 Å². The van der Waals surface area contributed by atoms with Gasteiger partial charge in [-0.2, -0.15) is 0 Å². The maximum absolute atomic E-state index is 10.5. The Balaban J connectivity index is 0. The zero-order valence-electron chi connectivity index (χ0n) is 11.0. The average molecular weight is 279 g/mol. The third-order valence-corrected chi connectivity index (χ3v) is 1.98. The van der Waals surface area contributed by atoms with Gasteiger partial charge in [0.2, 0.25) is 0 Å². The van der Waals surface area contributed by atoms with Crippen LogP contribution in [0.4, 0.5) is 14.4 Å². The lowest BCUT2D eigenvalue weighted by Crippen LogP contribution is -2.33. The summed E-state index contributed by atoms with van der Waals surface area (Å²) >= 11 is 0. The van der Waals surface area contributed by atoms with E-state index in [0.29, 0.717) is 0 Å². The van der Waals surface area contributed by atoms with Crippen molar-refractivity contribution in [2.75, 3.05) is 13.2 Å². The molecule has 0 heterocycles. The summed E-state index contributed by atoms with van der Waals surface area (Å²) in [6.45, 7) is 4.04. The van der Waals surface area contributed by atoms with Gasteiger partial charge in [0.15, 0.2) is 0 Å². The van der Waals surface area contributed by atoms with Crippen LogP contribution in [0, 0.1) is 5.41 Å². The second-order valence-electron chi connectivity index (χ2n) is 4.11. The van der Waals surface area contributed by atoms with E-state index < -0.39 is 23.7 Å². The fourth-order valence-electron chi connectivity index (χ4n) is 1.28. The van der Waals surface area contributed by atoms with E-state index >= 15 is 0 Å². The number of amides is 3. The van der Waals surface area contributed by atoms with Crippen molar-refractivity contribution in [3.63, 3.8) is 0 Å². The van der Waals surface area contributed by atoms with Gasteiger partial charge in [-0.25, -0.2) is 14.4 Å². The van der Waals surface area contributed by atoms with Crippen LogP contribution < -0.4 is 17.2 Å². The number of rotatable bonds is 6. The molecular weight excluding hydrogens is 258 g/mol. The Morgan fingerprint density at radius 2 is 1.37 bits per heavy atom. The van der Waals surface area contributed by atoms with Crippen LogP contribution >= 0.6 is 0 Å². The molecule has 0 aliphatic heterocycles. The summed E-state index contributed by atoms with van der Waals surface area (Å²) in [4.78, 5) is 29.7. The molecule has 0 rings (SSSR count). The van der Waals surface area contributed by atoms with Crippen molar-refractivity contribution in [1.29, 1.82) is 0 Å². The van der Waals surface area contributed by atoms with Crippen LogP contribution in [0.5, 0.6) is 0 Å². The van der Waals surface area contributed by atoms with Gasteiger partial charge >= 0.3 is 18.3 Å². The summed E-state index contributed by atoms with van der Waals surface area (Å²) in [5.74, 6) is 0. The van der Waals surface area contributed by atoms with Gasteiger partial charge in [0, 0.05) is 5.41 Å². The predicted molar refractivity (Wildman–Crippen MR) is 66.3 cm³/mol. The minimum absolute atomic E-state index is 0.115. The number of ether oxygens (including phenoxy) is 2. The first-order chi connectivity index (χ1) is 8.63. The quantitative estimate of drug-likeness (QED) is 0.555. The van der Waals surface area contributed by atoms with E-state index in [1.54, 1.807) is 0 Å². The maximum atomic E-state index is 10.5. The van der Waals surface area contributed by atoms with Crippen LogP contribution in [0.15, 0.2) is 0 Å². The predicted octanol–water partition coefficient (Wildman–Crippen LogP) is 0.607. The Hall–Kier alpha value is -2.19. The monoisotopic (exact) mass is 279 g/mol. The molecule has 7 N–H and O–H groups in total. The van der Waals surface area contributed by atoms with Crippen molar-refractivity contribution in [2.24, 2.45) is 22.6 Å². The smallest absolute Gasteiger partial charge is 0.404 e. The number of carboxylic acid groups (broad SMARTS) is 1. The van der Waals surface area contributed by atoms with Gasteiger partial charge in [-0.15, -0.1) is 0 Å². The Morgan fingerprint density at radius 3 is 1.58 bits per heavy atom. The molecule has 19 heavy (non-hydrogen) atoms. The number of primary amides is 3. The number of carbonyl (C=O) groups is 3. The Labute approximate surface area is 111 Å². The van der Waals surface area contributed by atoms with Crippen molar-refractivity contribution in [1.82, 2.24) is 0 Å². The molecule has 9 nitrogen and oxygen atoms in total. The van der Waals surface area contributed by atoms with Gasteiger partial charge in [0.1, 0.15) is 13.2 Å². The van der Waals surface area contributed by atoms with Gasteiger partial charge in [-0.1, -0.05) is 20.3 Å². The molecule has 0 radical (unpaired) electrons. The summed E-state index contributed by atoms with van der Waals surface area (Å²) in [6.07, 6.45) is -1.39. The summed E-state index contributed by atoms with van der Waals surface area (Å²) in [5, 5.41) is 7.19. The lowest BCUT2D eigenvalue weighted by Gasteiger charge is -2.27. The molecule has 9 heteroatoms. The summed E-state index contributed by atoms with van der Waals surface area (Å²) < 4.78 is 9.40. The van der Waals surface area contributed by atoms with E-state index in [4.69, 9.17) is 30.8 Å². The van der Waals surface area contributed by atoms with Crippen molar-refractivity contribution < 1.29 is 29.0 Å². The fourth-order valence-corrected chi connectivity index (χ4v) is 1.28. The van der Waals surface area contributed by atoms with Crippen LogP contribution in [0.1, 0.15) is 26.7 Å². The molecule has 0 aliphatic rings. The molecule has 112 valence electrons. The number of nitrogens with two attached hydrogens (primary N) is 3. The van der Waals surface area contributed by atoms with Gasteiger partial charge in [-0.05, 0) is 6.42 Å². The minimum Gasteiger partial charge on any atom is -0.465 e. The highest BCUT2D eigenvalue weighted by molar-refractivity contribution is 5.65. The van der Waals surface area contributed by atoms with E-state index in [1.807, 2.05) is 13.8 Å². The maximum Gasteiger partial charge on any atom is 0.404 e. The van der Waals surface area contributed by atoms with E-state index in [9.17, 15) is 9.59 Å². The zero-order valence-corrected chi connectivity index (χ0v) is 11.0. The molecule has 0 saturated carbocycles. The Morgan fingerprint density at radius 1 is 1.05 bits per heavy atom. The second-order valence-corrected chi connectivity index (χ2v) is 4.11. The lowest BCUT2D eigenvalue weighted by molar-refractivity contribution is 0.0367. The first-order valence-corrected chi connectivity index (χ1v) is 5.46. The normalized spacial score (nSPS) is 9.79. The molecule has 0 fully saturated rings. The molecule has 0 aromatic heterocycles. The van der Waals surface area contributed by atoms with Crippen molar-refractivity contribution in [3.05, 3.63) is 0 Å². The van der Waals surface area contributed by atoms with Gasteiger partial charge in [-0.3, -0.25) is 0 Å². The zero-order chi connectivity index (χ0) is 15.5. The van der Waals surface area contributed by atoms with Gasteiger partial charge in [0.25, 0.3) is 0 Å². The molecule has 0 atom stereocenters. The second kappa shape index (κ2) is 9.80. The minimum atomic E-state index is -1.33. The SMILES string of the molecule is CCCC(C)(COC(N)=O)COC(N)=O.NC(=O)O. The topological polar surface area (TPSA) is 168 Å². The van der Waals surface area contributed by atoms with Crippen LogP contribution in [0.2, 0.25) is 0 Å². The van der Waals surface area contributed by atoms with Gasteiger partial charge in [0.05, 0.1) is 0 Å². The molecule has 0 spiro atoms. The molecule has 0 unspecified atom stereocenters. The highest BCUT2D eigenvalue weighted by atomic mass is 16.6. The summed E-state index contributed by atoms with van der Waals surface area (Å²) in [6, 6.07) is 0. The number of carbonyl (C=O) groups excluding carboxylic acids is 2. The first kappa shape index (κ1) is 19.2. The molecular formula is C10H21N3O6. The highest BCUT2D eigenvalue weighted by Gasteiger charge is 2.26. The summed E-state index contributed by atoms with van der Waals surface area (Å²) in [7, 11) is 0. The van der Waals surface area contributed by atoms with Gasteiger partial charge < -0.3 is 31.8 Å². The van der Waals surface area contributed by atoms with E-state index in [0.717, 1.165) is 12.8 Å². The number of hydrogen-bond acceptors (Lipinski definition) is 5. The first-order valence-electron chi connectivity index (χ1n) is 5.46. The Kier molecular flexibility index (Phi) is 9.88. The largest absolute Gasteiger partial charge is 0.465 e. The van der Waals surface area contributed by atoms with Crippen LogP contribution in [0.3, 0.4) is 0 Å². The number of hydrogen-bond donors (Lipinski definition) is 4. The fraction of sp³-hybridized carbons (Fsp3) is 0.700. The third kappa shape index (κ3) is 15.8. The van der Waals surface area contributed by atoms with Crippen LogP contribution in [-0.4, -0.2) is 36.6 Å². The van der Waals surface area contributed by atoms with E-state index in [-0.39, 0.29) is 13.2 Å². The van der Waals surface area contributed by atoms with Crippen molar-refractivity contribution in [3.8, 4) is 0 Å². The molecule has 0 saturated heterocycles. The molecule has 0 aromatic carbocycles. The summed E-state index contributed by atoms with van der Waals surface area (Å²) in [5.41, 5.74) is 13.3. The van der Waals surface area contributed by atoms with E-state index in [1.165, 1.54) is 0 Å². The molecule has 3 amide bonds.